The normalized spacial score (nSPS) is 11.4. The van der Waals surface area contributed by atoms with Gasteiger partial charge < -0.3 is 15.3 Å². The third-order valence-electron chi connectivity index (χ3n) is 6.92. The second-order valence-corrected chi connectivity index (χ2v) is 11.7. The van der Waals surface area contributed by atoms with Crippen molar-refractivity contribution < 1.29 is 18.3 Å². The number of para-hydroxylation sites is 1. The number of anilines is 3. The van der Waals surface area contributed by atoms with E-state index in [0.717, 1.165) is 9.99 Å². The van der Waals surface area contributed by atoms with Gasteiger partial charge in [0.1, 0.15) is 5.69 Å². The summed E-state index contributed by atoms with van der Waals surface area (Å²) in [6.45, 7) is 4.85. The first-order valence-electron chi connectivity index (χ1n) is 12.9. The zero-order chi connectivity index (χ0) is 29.9. The first-order chi connectivity index (χ1) is 19.5. The van der Waals surface area contributed by atoms with Crippen LogP contribution in [0.15, 0.2) is 82.5 Å². The summed E-state index contributed by atoms with van der Waals surface area (Å²) in [5.41, 5.74) is 1.86. The molecule has 41 heavy (non-hydrogen) atoms. The van der Waals surface area contributed by atoms with E-state index in [1.807, 2.05) is 30.0 Å². The summed E-state index contributed by atoms with van der Waals surface area (Å²) in [4.78, 5) is 28.3. The Hall–Kier alpha value is -4.06. The highest BCUT2D eigenvalue weighted by atomic mass is 35.5. The number of carbonyl (C=O) groups is 1. The fourth-order valence-corrected chi connectivity index (χ4v) is 6.06. The van der Waals surface area contributed by atoms with Crippen LogP contribution in [0.2, 0.25) is 5.02 Å². The van der Waals surface area contributed by atoms with E-state index in [2.05, 4.69) is 5.32 Å². The Morgan fingerprint density at radius 2 is 1.71 bits per heavy atom. The SMILES string of the molecule is CCN(CCO)c1ccc(NC(=O)c2cc(S(=O)(=O)N(C)c3c(C)n(C)n(-c4ccccc4)c3=O)ccc2Cl)cc1. The number of aliphatic hydroxyl groups is 1. The highest BCUT2D eigenvalue weighted by Crippen LogP contribution is 2.28. The van der Waals surface area contributed by atoms with Gasteiger partial charge in [-0.2, -0.15) is 0 Å². The maximum atomic E-state index is 13.7. The van der Waals surface area contributed by atoms with Crippen LogP contribution in [0.25, 0.3) is 5.69 Å². The van der Waals surface area contributed by atoms with Crippen LogP contribution in [-0.2, 0) is 17.1 Å². The Labute approximate surface area is 244 Å². The lowest BCUT2D eigenvalue weighted by atomic mass is 10.2. The van der Waals surface area contributed by atoms with Crippen LogP contribution in [0.5, 0.6) is 0 Å². The summed E-state index contributed by atoms with van der Waals surface area (Å²) in [5.74, 6) is -0.590. The van der Waals surface area contributed by atoms with Crippen LogP contribution in [0.3, 0.4) is 0 Å². The van der Waals surface area contributed by atoms with E-state index in [4.69, 9.17) is 11.6 Å². The number of rotatable bonds is 10. The average molecular weight is 598 g/mol. The molecule has 0 bridgehead atoms. The van der Waals surface area contributed by atoms with Gasteiger partial charge in [-0.3, -0.25) is 18.6 Å². The standard InChI is InChI=1S/C29H32ClN5O5S/c1-5-34(17-18-36)22-13-11-21(12-14-22)31-28(37)25-19-24(15-16-26(25)30)41(39,40)33(4)27-20(2)32(3)35(29(27)38)23-9-7-6-8-10-23/h6-16,19,36H,5,17-18H2,1-4H3,(H,31,37). The smallest absolute Gasteiger partial charge is 0.296 e. The summed E-state index contributed by atoms with van der Waals surface area (Å²) >= 11 is 6.31. The molecule has 2 N–H and O–H groups in total. The van der Waals surface area contributed by atoms with Gasteiger partial charge >= 0.3 is 0 Å². The average Bonchev–Trinajstić information content (AvgIpc) is 3.19. The minimum Gasteiger partial charge on any atom is -0.395 e. The Morgan fingerprint density at radius 3 is 2.32 bits per heavy atom. The predicted molar refractivity (Wildman–Crippen MR) is 162 cm³/mol. The van der Waals surface area contributed by atoms with Crippen molar-refractivity contribution >= 4 is 44.6 Å². The minimum absolute atomic E-state index is 0.0142. The Morgan fingerprint density at radius 1 is 1.05 bits per heavy atom. The van der Waals surface area contributed by atoms with Crippen LogP contribution in [0.4, 0.5) is 17.1 Å². The molecule has 0 fully saturated rings. The molecule has 4 aromatic rings. The lowest BCUT2D eigenvalue weighted by molar-refractivity contribution is 0.102. The Kier molecular flexibility index (Phi) is 8.91. The van der Waals surface area contributed by atoms with Crippen molar-refractivity contribution in [3.05, 3.63) is 99.4 Å². The highest BCUT2D eigenvalue weighted by Gasteiger charge is 2.29. The van der Waals surface area contributed by atoms with Crippen molar-refractivity contribution in [2.75, 3.05) is 41.3 Å². The van der Waals surface area contributed by atoms with Crippen molar-refractivity contribution in [3.63, 3.8) is 0 Å². The molecule has 1 amide bonds. The lowest BCUT2D eigenvalue weighted by Crippen LogP contribution is -2.32. The Bertz CT molecular complexity index is 1720. The highest BCUT2D eigenvalue weighted by molar-refractivity contribution is 7.92. The molecule has 4 rings (SSSR count). The summed E-state index contributed by atoms with van der Waals surface area (Å²) in [7, 11) is -1.27. The zero-order valence-electron chi connectivity index (χ0n) is 23.2. The number of carbonyl (C=O) groups excluding carboxylic acids is 1. The topological polar surface area (TPSA) is 117 Å². The molecule has 0 aliphatic rings. The molecular weight excluding hydrogens is 566 g/mol. The van der Waals surface area contributed by atoms with Crippen LogP contribution in [0, 0.1) is 6.92 Å². The molecule has 12 heteroatoms. The number of amides is 1. The van der Waals surface area contributed by atoms with Crippen molar-refractivity contribution in [1.29, 1.82) is 0 Å². The van der Waals surface area contributed by atoms with Crippen LogP contribution in [-0.4, -0.2) is 55.5 Å². The maximum absolute atomic E-state index is 13.7. The molecule has 0 aliphatic carbocycles. The third kappa shape index (κ3) is 5.88. The van der Waals surface area contributed by atoms with Crippen molar-refractivity contribution in [1.82, 2.24) is 9.36 Å². The first kappa shape index (κ1) is 29.9. The number of aliphatic hydroxyl groups excluding tert-OH is 1. The number of sulfonamides is 1. The lowest BCUT2D eigenvalue weighted by Gasteiger charge is -2.22. The molecule has 0 unspecified atom stereocenters. The molecule has 1 heterocycles. The van der Waals surface area contributed by atoms with E-state index in [-0.39, 0.29) is 27.8 Å². The van der Waals surface area contributed by atoms with Gasteiger partial charge in [0.15, 0.2) is 0 Å². The van der Waals surface area contributed by atoms with E-state index < -0.39 is 21.5 Å². The molecule has 0 radical (unpaired) electrons. The maximum Gasteiger partial charge on any atom is 0.296 e. The summed E-state index contributed by atoms with van der Waals surface area (Å²) < 4.78 is 31.3. The van der Waals surface area contributed by atoms with Gasteiger partial charge in [0, 0.05) is 38.6 Å². The van der Waals surface area contributed by atoms with Crippen LogP contribution < -0.4 is 20.1 Å². The molecule has 0 spiro atoms. The molecule has 0 aliphatic heterocycles. The van der Waals surface area contributed by atoms with E-state index in [1.54, 1.807) is 55.1 Å². The van der Waals surface area contributed by atoms with E-state index in [0.29, 0.717) is 30.2 Å². The molecule has 0 saturated heterocycles. The zero-order valence-corrected chi connectivity index (χ0v) is 24.8. The van der Waals surface area contributed by atoms with Gasteiger partial charge in [0.25, 0.3) is 21.5 Å². The number of aromatic nitrogens is 2. The minimum atomic E-state index is -4.25. The summed E-state index contributed by atoms with van der Waals surface area (Å²) in [5, 5.41) is 12.1. The number of likely N-dealkylation sites (N-methyl/N-ethyl adjacent to an activating group) is 1. The van der Waals surface area contributed by atoms with Crippen LogP contribution in [0.1, 0.15) is 23.0 Å². The Balaban J connectivity index is 1.63. The van der Waals surface area contributed by atoms with Crippen molar-refractivity contribution in [2.24, 2.45) is 7.05 Å². The molecule has 10 nitrogen and oxygen atoms in total. The molecule has 0 atom stereocenters. The quantitative estimate of drug-likeness (QED) is 0.285. The van der Waals surface area contributed by atoms with Gasteiger partial charge in [0.2, 0.25) is 0 Å². The largest absolute Gasteiger partial charge is 0.395 e. The van der Waals surface area contributed by atoms with E-state index in [1.165, 1.54) is 29.9 Å². The molecule has 216 valence electrons. The number of nitrogens with one attached hydrogen (secondary N) is 1. The predicted octanol–water partition coefficient (Wildman–Crippen LogP) is 4.03. The first-order valence-corrected chi connectivity index (χ1v) is 14.7. The fraction of sp³-hybridized carbons (Fsp3) is 0.241. The van der Waals surface area contributed by atoms with Gasteiger partial charge in [-0.15, -0.1) is 0 Å². The summed E-state index contributed by atoms with van der Waals surface area (Å²) in [6, 6.07) is 19.8. The number of halogens is 1. The third-order valence-corrected chi connectivity index (χ3v) is 9.00. The second-order valence-electron chi connectivity index (χ2n) is 9.33. The number of hydrogen-bond acceptors (Lipinski definition) is 6. The number of benzene rings is 3. The number of nitrogens with zero attached hydrogens (tertiary/aromatic N) is 4. The van der Waals surface area contributed by atoms with Crippen molar-refractivity contribution in [3.8, 4) is 5.69 Å². The van der Waals surface area contributed by atoms with Gasteiger partial charge in [0.05, 0.1) is 33.5 Å². The van der Waals surface area contributed by atoms with E-state index in [9.17, 15) is 23.1 Å². The van der Waals surface area contributed by atoms with E-state index >= 15 is 0 Å². The molecular formula is C29H32ClN5O5S. The van der Waals surface area contributed by atoms with Crippen molar-refractivity contribution in [2.45, 2.75) is 18.7 Å². The monoisotopic (exact) mass is 597 g/mol. The van der Waals surface area contributed by atoms with Gasteiger partial charge in [-0.25, -0.2) is 13.1 Å². The summed E-state index contributed by atoms with van der Waals surface area (Å²) in [6.07, 6.45) is 0. The second kappa shape index (κ2) is 12.2. The number of hydrogen-bond donors (Lipinski definition) is 2. The van der Waals surface area contributed by atoms with Gasteiger partial charge in [-0.05, 0) is 68.4 Å². The molecule has 1 aromatic heterocycles. The fourth-order valence-electron chi connectivity index (χ4n) is 4.58. The van der Waals surface area contributed by atoms with Gasteiger partial charge in [-0.1, -0.05) is 29.8 Å². The van der Waals surface area contributed by atoms with Crippen LogP contribution >= 0.6 is 11.6 Å². The molecule has 3 aromatic carbocycles. The molecule has 0 saturated carbocycles.